The molecule has 35 heavy (non-hydrogen) atoms. The highest BCUT2D eigenvalue weighted by molar-refractivity contribution is 7.80. The van der Waals surface area contributed by atoms with E-state index in [9.17, 15) is 14.9 Å². The number of hydrogen-bond donors (Lipinski definition) is 2. The number of nitro groups is 1. The quantitative estimate of drug-likeness (QED) is 0.230. The number of nitrogens with zero attached hydrogens (tertiary/aromatic N) is 4. The molecular formula is C24H22N6O4S. The summed E-state index contributed by atoms with van der Waals surface area (Å²) in [6, 6.07) is 15.4. The molecule has 0 aliphatic carbocycles. The fraction of sp³-hybridized carbons (Fsp3) is 0.167. The highest BCUT2D eigenvalue weighted by Crippen LogP contribution is 2.24. The van der Waals surface area contributed by atoms with Crippen molar-refractivity contribution in [2.24, 2.45) is 0 Å². The number of hydrogen-bond acceptors (Lipinski definition) is 7. The molecular weight excluding hydrogens is 468 g/mol. The second kappa shape index (κ2) is 9.85. The van der Waals surface area contributed by atoms with E-state index in [0.29, 0.717) is 23.3 Å². The van der Waals surface area contributed by atoms with Gasteiger partial charge in [-0.2, -0.15) is 4.80 Å². The Hall–Kier alpha value is -4.38. The number of nitrogens with one attached hydrogen (secondary N) is 2. The van der Waals surface area contributed by atoms with Gasteiger partial charge in [0.1, 0.15) is 16.8 Å². The molecule has 11 heteroatoms. The molecule has 4 rings (SSSR count). The van der Waals surface area contributed by atoms with Crippen LogP contribution in [-0.4, -0.2) is 37.5 Å². The van der Waals surface area contributed by atoms with Crippen LogP contribution in [0.2, 0.25) is 0 Å². The normalized spacial score (nSPS) is 10.7. The van der Waals surface area contributed by atoms with Gasteiger partial charge in [0, 0.05) is 22.9 Å². The van der Waals surface area contributed by atoms with Crippen molar-refractivity contribution in [1.82, 2.24) is 20.3 Å². The van der Waals surface area contributed by atoms with E-state index >= 15 is 0 Å². The first-order valence-electron chi connectivity index (χ1n) is 10.7. The average molecular weight is 491 g/mol. The minimum absolute atomic E-state index is 0.0576. The van der Waals surface area contributed by atoms with Crippen molar-refractivity contribution in [3.63, 3.8) is 0 Å². The first-order chi connectivity index (χ1) is 16.8. The number of nitro benzene ring substituents is 1. The summed E-state index contributed by atoms with van der Waals surface area (Å²) in [6.45, 7) is 5.92. The number of rotatable bonds is 6. The summed E-state index contributed by atoms with van der Waals surface area (Å²) in [5.74, 6) is 0.232. The Bertz CT molecular complexity index is 1450. The van der Waals surface area contributed by atoms with Gasteiger partial charge in [0.15, 0.2) is 5.11 Å². The molecule has 0 spiro atoms. The SMILES string of the molecule is CCOc1ccc(-n2nc3cc(C)c(NC(=S)NC(=O)c4cccc([N+](=O)[O-])c4C)cc3n2)cc1. The summed E-state index contributed by atoms with van der Waals surface area (Å²) >= 11 is 5.31. The van der Waals surface area contributed by atoms with E-state index in [1.807, 2.05) is 44.2 Å². The van der Waals surface area contributed by atoms with Gasteiger partial charge in [-0.3, -0.25) is 20.2 Å². The molecule has 0 radical (unpaired) electrons. The lowest BCUT2D eigenvalue weighted by atomic mass is 10.1. The minimum Gasteiger partial charge on any atom is -0.494 e. The maximum Gasteiger partial charge on any atom is 0.273 e. The van der Waals surface area contributed by atoms with Gasteiger partial charge in [0.25, 0.3) is 11.6 Å². The first-order valence-corrected chi connectivity index (χ1v) is 11.1. The lowest BCUT2D eigenvalue weighted by Crippen LogP contribution is -2.34. The van der Waals surface area contributed by atoms with Crippen LogP contribution < -0.4 is 15.4 Å². The maximum atomic E-state index is 12.7. The van der Waals surface area contributed by atoms with E-state index in [4.69, 9.17) is 17.0 Å². The van der Waals surface area contributed by atoms with Gasteiger partial charge in [0.2, 0.25) is 0 Å². The molecule has 0 aliphatic rings. The number of anilines is 1. The summed E-state index contributed by atoms with van der Waals surface area (Å²) < 4.78 is 5.47. The zero-order valence-electron chi connectivity index (χ0n) is 19.2. The third-order valence-corrected chi connectivity index (χ3v) is 5.53. The van der Waals surface area contributed by atoms with Crippen molar-refractivity contribution in [2.75, 3.05) is 11.9 Å². The number of ether oxygens (including phenoxy) is 1. The number of carbonyl (C=O) groups excluding carboxylic acids is 1. The van der Waals surface area contributed by atoms with Crippen molar-refractivity contribution >= 4 is 45.6 Å². The summed E-state index contributed by atoms with van der Waals surface area (Å²) in [5, 5.41) is 25.9. The summed E-state index contributed by atoms with van der Waals surface area (Å²) in [6.07, 6.45) is 0. The molecule has 0 unspecified atom stereocenters. The largest absolute Gasteiger partial charge is 0.494 e. The minimum atomic E-state index is -0.538. The molecule has 0 saturated carbocycles. The zero-order valence-corrected chi connectivity index (χ0v) is 20.0. The first kappa shape index (κ1) is 23.8. The molecule has 4 aromatic rings. The molecule has 3 aromatic carbocycles. The molecule has 0 atom stereocenters. The molecule has 1 amide bonds. The van der Waals surface area contributed by atoms with Crippen molar-refractivity contribution < 1.29 is 14.5 Å². The topological polar surface area (TPSA) is 124 Å². The van der Waals surface area contributed by atoms with E-state index in [-0.39, 0.29) is 21.9 Å². The fourth-order valence-electron chi connectivity index (χ4n) is 3.55. The van der Waals surface area contributed by atoms with Crippen LogP contribution in [0.1, 0.15) is 28.4 Å². The molecule has 178 valence electrons. The van der Waals surface area contributed by atoms with Crippen LogP contribution in [0.25, 0.3) is 16.7 Å². The second-order valence-electron chi connectivity index (χ2n) is 7.69. The van der Waals surface area contributed by atoms with Crippen LogP contribution in [0.5, 0.6) is 5.75 Å². The van der Waals surface area contributed by atoms with Gasteiger partial charge in [-0.25, -0.2) is 0 Å². The number of carbonyl (C=O) groups is 1. The number of benzene rings is 3. The Labute approximate surface area is 206 Å². The van der Waals surface area contributed by atoms with Crippen LogP contribution >= 0.6 is 12.2 Å². The Kier molecular flexibility index (Phi) is 6.69. The highest BCUT2D eigenvalue weighted by Gasteiger charge is 2.19. The highest BCUT2D eigenvalue weighted by atomic mass is 32.1. The Morgan fingerprint density at radius 1 is 1.11 bits per heavy atom. The lowest BCUT2D eigenvalue weighted by Gasteiger charge is -2.12. The summed E-state index contributed by atoms with van der Waals surface area (Å²) in [7, 11) is 0. The smallest absolute Gasteiger partial charge is 0.273 e. The Morgan fingerprint density at radius 3 is 2.46 bits per heavy atom. The van der Waals surface area contributed by atoms with Crippen molar-refractivity contribution in [3.8, 4) is 11.4 Å². The van der Waals surface area contributed by atoms with Crippen molar-refractivity contribution in [3.05, 3.63) is 81.4 Å². The van der Waals surface area contributed by atoms with Gasteiger partial charge in [-0.1, -0.05) is 6.07 Å². The monoisotopic (exact) mass is 490 g/mol. The molecule has 0 fully saturated rings. The molecule has 2 N–H and O–H groups in total. The molecule has 1 heterocycles. The molecule has 1 aromatic heterocycles. The number of aromatic nitrogens is 3. The van der Waals surface area contributed by atoms with Gasteiger partial charge in [0.05, 0.1) is 17.2 Å². The lowest BCUT2D eigenvalue weighted by molar-refractivity contribution is -0.385. The summed E-state index contributed by atoms with van der Waals surface area (Å²) in [4.78, 5) is 24.8. The maximum absolute atomic E-state index is 12.7. The third kappa shape index (κ3) is 5.09. The van der Waals surface area contributed by atoms with Crippen LogP contribution in [0.3, 0.4) is 0 Å². The zero-order chi connectivity index (χ0) is 25.1. The van der Waals surface area contributed by atoms with Gasteiger partial charge in [-0.15, -0.1) is 10.2 Å². The van der Waals surface area contributed by atoms with Crippen molar-refractivity contribution in [1.29, 1.82) is 0 Å². The Morgan fingerprint density at radius 2 is 1.80 bits per heavy atom. The van der Waals surface area contributed by atoms with Crippen molar-refractivity contribution in [2.45, 2.75) is 20.8 Å². The predicted octanol–water partition coefficient (Wildman–Crippen LogP) is 4.47. The van der Waals surface area contributed by atoms with E-state index in [0.717, 1.165) is 17.0 Å². The van der Waals surface area contributed by atoms with E-state index < -0.39 is 10.8 Å². The predicted molar refractivity (Wildman–Crippen MR) is 136 cm³/mol. The fourth-order valence-corrected chi connectivity index (χ4v) is 3.75. The molecule has 0 bridgehead atoms. The van der Waals surface area contributed by atoms with Crippen LogP contribution in [0.4, 0.5) is 11.4 Å². The van der Waals surface area contributed by atoms with Crippen LogP contribution in [0, 0.1) is 24.0 Å². The van der Waals surface area contributed by atoms with Crippen LogP contribution in [-0.2, 0) is 0 Å². The van der Waals surface area contributed by atoms with E-state index in [1.54, 1.807) is 6.07 Å². The molecule has 0 aliphatic heterocycles. The number of aryl methyl sites for hydroxylation is 1. The van der Waals surface area contributed by atoms with Crippen LogP contribution in [0.15, 0.2) is 54.6 Å². The Balaban J connectivity index is 1.51. The van der Waals surface area contributed by atoms with Gasteiger partial charge in [-0.05, 0) is 81.0 Å². The van der Waals surface area contributed by atoms with Gasteiger partial charge >= 0.3 is 0 Å². The molecule has 10 nitrogen and oxygen atoms in total. The third-order valence-electron chi connectivity index (χ3n) is 5.33. The number of fused-ring (bicyclic) bond motifs is 1. The average Bonchev–Trinajstić information content (AvgIpc) is 3.22. The standard InChI is InChI=1S/C24H22N6O4S/c1-4-34-17-10-8-16(9-11-17)29-27-20-12-14(2)19(13-21(20)28-29)25-24(35)26-23(31)18-6-5-7-22(15(18)3)30(32)33/h5-13H,4H2,1-3H3,(H2,25,26,31,35). The summed E-state index contributed by atoms with van der Waals surface area (Å²) in [5.41, 5.74) is 3.92. The molecule has 0 saturated heterocycles. The second-order valence-corrected chi connectivity index (χ2v) is 8.10. The van der Waals surface area contributed by atoms with E-state index in [2.05, 4.69) is 20.8 Å². The number of amides is 1. The van der Waals surface area contributed by atoms with Gasteiger partial charge < -0.3 is 10.1 Å². The van der Waals surface area contributed by atoms with E-state index in [1.165, 1.54) is 29.9 Å². The number of thiocarbonyl (C=S) groups is 1.